The first-order valence-corrected chi connectivity index (χ1v) is 6.69. The van der Waals surface area contributed by atoms with Crippen molar-refractivity contribution in [3.05, 3.63) is 70.8 Å². The van der Waals surface area contributed by atoms with Crippen molar-refractivity contribution in [1.29, 1.82) is 0 Å². The topological polar surface area (TPSA) is 63.8 Å². The van der Waals surface area contributed by atoms with E-state index in [9.17, 15) is 4.39 Å². The van der Waals surface area contributed by atoms with Crippen LogP contribution in [0.25, 0.3) is 11.0 Å². The van der Waals surface area contributed by atoms with Crippen LogP contribution in [0.3, 0.4) is 0 Å². The second kappa shape index (κ2) is 5.73. The van der Waals surface area contributed by atoms with Gasteiger partial charge in [0.1, 0.15) is 5.82 Å². The number of para-hydroxylation sites is 1. The SMILES string of the molecule is NNC(c1cc(F)ccc1Cl)c1cccc2nccnc12. The molecular formula is C15H12ClFN4. The van der Waals surface area contributed by atoms with E-state index in [0.717, 1.165) is 11.1 Å². The summed E-state index contributed by atoms with van der Waals surface area (Å²) in [6, 6.07) is 9.27. The third kappa shape index (κ3) is 2.58. The van der Waals surface area contributed by atoms with Gasteiger partial charge in [-0.15, -0.1) is 0 Å². The average Bonchev–Trinajstić information content (AvgIpc) is 2.51. The lowest BCUT2D eigenvalue weighted by Gasteiger charge is -2.19. The number of aromatic nitrogens is 2. The predicted molar refractivity (Wildman–Crippen MR) is 80.1 cm³/mol. The van der Waals surface area contributed by atoms with Crippen LogP contribution in [0.1, 0.15) is 17.2 Å². The Hall–Kier alpha value is -2.08. The Morgan fingerprint density at radius 2 is 1.90 bits per heavy atom. The molecule has 0 amide bonds. The molecule has 0 saturated carbocycles. The molecule has 0 spiro atoms. The maximum Gasteiger partial charge on any atom is 0.123 e. The average molecular weight is 303 g/mol. The zero-order valence-corrected chi connectivity index (χ0v) is 11.7. The van der Waals surface area contributed by atoms with Crippen LogP contribution in [-0.4, -0.2) is 9.97 Å². The minimum Gasteiger partial charge on any atom is -0.271 e. The molecule has 0 fully saturated rings. The van der Waals surface area contributed by atoms with Gasteiger partial charge in [-0.05, 0) is 29.8 Å². The highest BCUT2D eigenvalue weighted by Gasteiger charge is 2.19. The van der Waals surface area contributed by atoms with E-state index in [0.29, 0.717) is 16.1 Å². The van der Waals surface area contributed by atoms with Gasteiger partial charge in [0.05, 0.1) is 17.1 Å². The van der Waals surface area contributed by atoms with Gasteiger partial charge in [-0.1, -0.05) is 23.7 Å². The summed E-state index contributed by atoms with van der Waals surface area (Å²) in [6.07, 6.45) is 3.22. The summed E-state index contributed by atoms with van der Waals surface area (Å²) in [5.41, 5.74) is 5.45. The zero-order valence-electron chi connectivity index (χ0n) is 10.9. The molecule has 0 aliphatic carbocycles. The summed E-state index contributed by atoms with van der Waals surface area (Å²) in [4.78, 5) is 8.59. The highest BCUT2D eigenvalue weighted by Crippen LogP contribution is 2.31. The maximum absolute atomic E-state index is 13.5. The molecule has 4 nitrogen and oxygen atoms in total. The highest BCUT2D eigenvalue weighted by molar-refractivity contribution is 6.31. The number of halogens is 2. The van der Waals surface area contributed by atoms with Crippen LogP contribution in [0.5, 0.6) is 0 Å². The molecule has 3 rings (SSSR count). The lowest BCUT2D eigenvalue weighted by molar-refractivity contribution is 0.606. The summed E-state index contributed by atoms with van der Waals surface area (Å²) in [5, 5.41) is 0.431. The lowest BCUT2D eigenvalue weighted by atomic mass is 9.97. The molecule has 0 radical (unpaired) electrons. The smallest absolute Gasteiger partial charge is 0.123 e. The molecular weight excluding hydrogens is 291 g/mol. The molecule has 3 aromatic rings. The van der Waals surface area contributed by atoms with E-state index in [2.05, 4.69) is 15.4 Å². The molecule has 1 unspecified atom stereocenters. The van der Waals surface area contributed by atoms with E-state index < -0.39 is 6.04 Å². The quantitative estimate of drug-likeness (QED) is 0.577. The summed E-state index contributed by atoms with van der Waals surface area (Å²) in [5.74, 6) is 5.29. The minimum absolute atomic E-state index is 0.374. The molecule has 1 heterocycles. The number of nitrogens with one attached hydrogen (secondary N) is 1. The van der Waals surface area contributed by atoms with Gasteiger partial charge < -0.3 is 0 Å². The molecule has 0 aliphatic rings. The van der Waals surface area contributed by atoms with Crippen molar-refractivity contribution in [3.8, 4) is 0 Å². The van der Waals surface area contributed by atoms with Gasteiger partial charge >= 0.3 is 0 Å². The van der Waals surface area contributed by atoms with Crippen molar-refractivity contribution in [3.63, 3.8) is 0 Å². The van der Waals surface area contributed by atoms with Gasteiger partial charge in [0.15, 0.2) is 0 Å². The molecule has 21 heavy (non-hydrogen) atoms. The fraction of sp³-hybridized carbons (Fsp3) is 0.0667. The van der Waals surface area contributed by atoms with Gasteiger partial charge in [-0.3, -0.25) is 15.8 Å². The summed E-state index contributed by atoms with van der Waals surface area (Å²) in [7, 11) is 0. The van der Waals surface area contributed by atoms with Crippen LogP contribution in [0.2, 0.25) is 5.02 Å². The summed E-state index contributed by atoms with van der Waals surface area (Å²) < 4.78 is 13.5. The van der Waals surface area contributed by atoms with Gasteiger partial charge in [0.2, 0.25) is 0 Å². The van der Waals surface area contributed by atoms with Gasteiger partial charge in [-0.25, -0.2) is 9.82 Å². The van der Waals surface area contributed by atoms with Crippen molar-refractivity contribution in [2.75, 3.05) is 0 Å². The van der Waals surface area contributed by atoms with Crippen molar-refractivity contribution in [2.24, 2.45) is 5.84 Å². The third-order valence-electron chi connectivity index (χ3n) is 3.28. The van der Waals surface area contributed by atoms with Crippen molar-refractivity contribution < 1.29 is 4.39 Å². The van der Waals surface area contributed by atoms with Crippen LogP contribution in [-0.2, 0) is 0 Å². The van der Waals surface area contributed by atoms with Gasteiger partial charge in [0, 0.05) is 23.0 Å². The van der Waals surface area contributed by atoms with Crippen molar-refractivity contribution >= 4 is 22.6 Å². The minimum atomic E-state index is -0.478. The van der Waals surface area contributed by atoms with E-state index in [4.69, 9.17) is 17.4 Å². The van der Waals surface area contributed by atoms with E-state index in [1.807, 2.05) is 18.2 Å². The van der Waals surface area contributed by atoms with E-state index in [1.165, 1.54) is 18.2 Å². The first-order valence-electron chi connectivity index (χ1n) is 6.31. The summed E-state index contributed by atoms with van der Waals surface area (Å²) >= 11 is 6.17. The molecule has 3 N–H and O–H groups in total. The van der Waals surface area contributed by atoms with Crippen LogP contribution < -0.4 is 11.3 Å². The van der Waals surface area contributed by atoms with Gasteiger partial charge in [0.25, 0.3) is 0 Å². The predicted octanol–water partition coefficient (Wildman–Crippen LogP) is 2.98. The Morgan fingerprint density at radius 1 is 1.10 bits per heavy atom. The van der Waals surface area contributed by atoms with E-state index in [1.54, 1.807) is 12.4 Å². The van der Waals surface area contributed by atoms with Crippen molar-refractivity contribution in [1.82, 2.24) is 15.4 Å². The van der Waals surface area contributed by atoms with Gasteiger partial charge in [-0.2, -0.15) is 0 Å². The fourth-order valence-electron chi connectivity index (χ4n) is 2.33. The molecule has 1 atom stereocenters. The van der Waals surface area contributed by atoms with E-state index >= 15 is 0 Å². The Kier molecular flexibility index (Phi) is 3.79. The zero-order chi connectivity index (χ0) is 14.8. The van der Waals surface area contributed by atoms with Crippen LogP contribution in [0.15, 0.2) is 48.8 Å². The summed E-state index contributed by atoms with van der Waals surface area (Å²) in [6.45, 7) is 0. The second-order valence-electron chi connectivity index (χ2n) is 4.54. The van der Waals surface area contributed by atoms with Crippen LogP contribution in [0, 0.1) is 5.82 Å². The number of hydrazine groups is 1. The fourth-order valence-corrected chi connectivity index (χ4v) is 2.56. The van der Waals surface area contributed by atoms with Crippen molar-refractivity contribution in [2.45, 2.75) is 6.04 Å². The Morgan fingerprint density at radius 3 is 2.71 bits per heavy atom. The van der Waals surface area contributed by atoms with Crippen LogP contribution in [0.4, 0.5) is 4.39 Å². The lowest BCUT2D eigenvalue weighted by Crippen LogP contribution is -2.29. The van der Waals surface area contributed by atoms with E-state index in [-0.39, 0.29) is 5.82 Å². The number of hydrogen-bond donors (Lipinski definition) is 2. The largest absolute Gasteiger partial charge is 0.271 e. The highest BCUT2D eigenvalue weighted by atomic mass is 35.5. The molecule has 106 valence electrons. The number of rotatable bonds is 3. The Labute approximate surface area is 125 Å². The molecule has 2 aromatic carbocycles. The normalized spacial score (nSPS) is 12.5. The first kappa shape index (κ1) is 13.9. The third-order valence-corrected chi connectivity index (χ3v) is 3.62. The van der Waals surface area contributed by atoms with Crippen LogP contribution >= 0.6 is 11.6 Å². The number of nitrogens with two attached hydrogens (primary N) is 1. The molecule has 0 saturated heterocycles. The number of fused-ring (bicyclic) bond motifs is 1. The monoisotopic (exact) mass is 302 g/mol. The molecule has 1 aromatic heterocycles. The number of nitrogens with zero attached hydrogens (tertiary/aromatic N) is 2. The molecule has 0 bridgehead atoms. The number of benzene rings is 2. The maximum atomic E-state index is 13.5. The standard InChI is InChI=1S/C15H12ClFN4/c16-12-5-4-9(17)8-11(12)14(21-18)10-2-1-3-13-15(10)20-7-6-19-13/h1-8,14,21H,18H2. The molecule has 0 aliphatic heterocycles. The molecule has 6 heteroatoms. The first-order chi connectivity index (χ1) is 10.2. The number of hydrogen-bond acceptors (Lipinski definition) is 4. The Bertz CT molecular complexity index is 788. The Balaban J connectivity index is 2.21. The second-order valence-corrected chi connectivity index (χ2v) is 4.94.